The molecule has 0 unspecified atom stereocenters. The number of rotatable bonds is 4. The van der Waals surface area contributed by atoms with Crippen molar-refractivity contribution in [1.29, 1.82) is 0 Å². The summed E-state index contributed by atoms with van der Waals surface area (Å²) in [7, 11) is 0. The van der Waals surface area contributed by atoms with E-state index in [1.807, 2.05) is 6.92 Å². The molecule has 0 aromatic carbocycles. The van der Waals surface area contributed by atoms with E-state index in [2.05, 4.69) is 15.7 Å². The lowest BCUT2D eigenvalue weighted by Gasteiger charge is -2.15. The van der Waals surface area contributed by atoms with E-state index in [-0.39, 0.29) is 18.3 Å². The molecule has 1 heterocycles. The fourth-order valence-corrected chi connectivity index (χ4v) is 2.09. The lowest BCUT2D eigenvalue weighted by atomic mass is 10.2. The minimum absolute atomic E-state index is 0.0365. The van der Waals surface area contributed by atoms with Gasteiger partial charge in [0.1, 0.15) is 0 Å². The largest absolute Gasteiger partial charge is 0.435 e. The molecule has 0 aliphatic heterocycles. The van der Waals surface area contributed by atoms with E-state index in [9.17, 15) is 18.0 Å². The zero-order chi connectivity index (χ0) is 14.9. The van der Waals surface area contributed by atoms with E-state index in [1.165, 1.54) is 0 Å². The number of hydrogen-bond donors (Lipinski definition) is 2. The molecule has 2 rings (SSSR count). The lowest BCUT2D eigenvalue weighted by Crippen LogP contribution is -2.37. The Hall–Kier alpha value is -1.73. The molecular formula is C12H17F3N4O. The van der Waals surface area contributed by atoms with E-state index in [4.69, 9.17) is 0 Å². The number of nitrogens with one attached hydrogen (secondary N) is 2. The van der Waals surface area contributed by atoms with Crippen LogP contribution in [0.4, 0.5) is 23.7 Å². The van der Waals surface area contributed by atoms with Gasteiger partial charge in [0.05, 0.1) is 11.9 Å². The number of nitrogens with zero attached hydrogens (tertiary/aromatic N) is 2. The highest BCUT2D eigenvalue weighted by Crippen LogP contribution is 2.35. The first-order valence-electron chi connectivity index (χ1n) is 6.53. The maximum atomic E-state index is 12.9. The number of carbonyl (C=O) groups is 1. The van der Waals surface area contributed by atoms with Crippen LogP contribution in [0.15, 0.2) is 6.20 Å². The van der Waals surface area contributed by atoms with Crippen LogP contribution in [-0.4, -0.2) is 21.9 Å². The van der Waals surface area contributed by atoms with Gasteiger partial charge in [0.2, 0.25) is 0 Å². The van der Waals surface area contributed by atoms with Crippen molar-refractivity contribution >= 4 is 11.7 Å². The highest BCUT2D eigenvalue weighted by molar-refractivity contribution is 5.90. The minimum atomic E-state index is -4.56. The quantitative estimate of drug-likeness (QED) is 0.895. The topological polar surface area (TPSA) is 59.0 Å². The van der Waals surface area contributed by atoms with Gasteiger partial charge >= 0.3 is 12.2 Å². The van der Waals surface area contributed by atoms with Crippen molar-refractivity contribution in [3.63, 3.8) is 0 Å². The summed E-state index contributed by atoms with van der Waals surface area (Å²) in [5.41, 5.74) is -1.26. The van der Waals surface area contributed by atoms with Crippen LogP contribution in [0.25, 0.3) is 0 Å². The van der Waals surface area contributed by atoms with Gasteiger partial charge < -0.3 is 10.6 Å². The molecule has 1 aromatic rings. The van der Waals surface area contributed by atoms with Crippen LogP contribution in [0, 0.1) is 5.92 Å². The van der Waals surface area contributed by atoms with E-state index in [0.717, 1.165) is 23.7 Å². The first-order valence-corrected chi connectivity index (χ1v) is 6.53. The third-order valence-corrected chi connectivity index (χ3v) is 3.34. The number of carbonyl (C=O) groups excluding carboxylic acids is 1. The van der Waals surface area contributed by atoms with Crippen LogP contribution in [0.1, 0.15) is 32.4 Å². The van der Waals surface area contributed by atoms with Gasteiger partial charge in [0, 0.05) is 12.6 Å². The third kappa shape index (κ3) is 3.23. The number of aryl methyl sites for hydroxylation is 1. The number of alkyl halides is 3. The normalized spacial score (nSPS) is 16.9. The average molecular weight is 290 g/mol. The summed E-state index contributed by atoms with van der Waals surface area (Å²) in [6.45, 7) is 3.48. The molecule has 0 radical (unpaired) electrons. The second kappa shape index (κ2) is 5.34. The lowest BCUT2D eigenvalue weighted by molar-refractivity contribution is -0.143. The minimum Gasteiger partial charge on any atom is -0.335 e. The molecule has 2 amide bonds. The van der Waals surface area contributed by atoms with E-state index in [0.29, 0.717) is 5.92 Å². The van der Waals surface area contributed by atoms with Crippen molar-refractivity contribution in [2.75, 3.05) is 5.32 Å². The van der Waals surface area contributed by atoms with Crippen molar-refractivity contribution in [2.45, 2.75) is 45.5 Å². The van der Waals surface area contributed by atoms with E-state index < -0.39 is 17.9 Å². The Morgan fingerprint density at radius 3 is 2.70 bits per heavy atom. The van der Waals surface area contributed by atoms with Crippen molar-refractivity contribution in [2.24, 2.45) is 5.92 Å². The van der Waals surface area contributed by atoms with Crippen LogP contribution in [0.3, 0.4) is 0 Å². The monoisotopic (exact) mass is 290 g/mol. The summed E-state index contributed by atoms with van der Waals surface area (Å²) in [5.74, 6) is 0.432. The van der Waals surface area contributed by atoms with Gasteiger partial charge in [-0.1, -0.05) is 0 Å². The highest BCUT2D eigenvalue weighted by atomic mass is 19.4. The molecule has 1 aliphatic carbocycles. The Labute approximate surface area is 114 Å². The molecule has 0 spiro atoms. The zero-order valence-corrected chi connectivity index (χ0v) is 11.3. The molecule has 1 aliphatic rings. The maximum Gasteiger partial charge on any atom is 0.435 e. The SMILES string of the molecule is CCn1ncc(NC(=O)N[C@H](C)C2CC2)c1C(F)(F)F. The summed E-state index contributed by atoms with van der Waals surface area (Å²) < 4.78 is 39.7. The Morgan fingerprint density at radius 2 is 2.20 bits per heavy atom. The summed E-state index contributed by atoms with van der Waals surface area (Å²) in [4.78, 5) is 11.7. The van der Waals surface area contributed by atoms with Crippen molar-refractivity contribution in [3.8, 4) is 0 Å². The van der Waals surface area contributed by atoms with Gasteiger partial charge in [-0.25, -0.2) is 4.79 Å². The van der Waals surface area contributed by atoms with Gasteiger partial charge in [-0.3, -0.25) is 4.68 Å². The van der Waals surface area contributed by atoms with Crippen molar-refractivity contribution in [3.05, 3.63) is 11.9 Å². The van der Waals surface area contributed by atoms with E-state index in [1.54, 1.807) is 6.92 Å². The summed E-state index contributed by atoms with van der Waals surface area (Å²) >= 11 is 0. The van der Waals surface area contributed by atoms with Crippen molar-refractivity contribution in [1.82, 2.24) is 15.1 Å². The van der Waals surface area contributed by atoms with E-state index >= 15 is 0 Å². The number of anilines is 1. The molecule has 1 atom stereocenters. The molecule has 112 valence electrons. The molecule has 2 N–H and O–H groups in total. The third-order valence-electron chi connectivity index (χ3n) is 3.34. The number of aromatic nitrogens is 2. The van der Waals surface area contributed by atoms with Crippen LogP contribution >= 0.6 is 0 Å². The van der Waals surface area contributed by atoms with Crippen molar-refractivity contribution < 1.29 is 18.0 Å². The predicted octanol–water partition coefficient (Wildman–Crippen LogP) is 2.84. The second-order valence-electron chi connectivity index (χ2n) is 4.94. The van der Waals surface area contributed by atoms with Crippen LogP contribution in [0.5, 0.6) is 0 Å². The molecular weight excluding hydrogens is 273 g/mol. The molecule has 20 heavy (non-hydrogen) atoms. The predicted molar refractivity (Wildman–Crippen MR) is 67.2 cm³/mol. The van der Waals surface area contributed by atoms with Crippen LogP contribution < -0.4 is 10.6 Å². The summed E-state index contributed by atoms with van der Waals surface area (Å²) in [5, 5.41) is 8.51. The number of hydrogen-bond acceptors (Lipinski definition) is 2. The number of urea groups is 1. The molecule has 5 nitrogen and oxygen atoms in total. The Balaban J connectivity index is 2.08. The zero-order valence-electron chi connectivity index (χ0n) is 11.3. The summed E-state index contributed by atoms with van der Waals surface area (Å²) in [6, 6.07) is -0.670. The highest BCUT2D eigenvalue weighted by Gasteiger charge is 2.38. The van der Waals surface area contributed by atoms with Crippen LogP contribution in [-0.2, 0) is 12.7 Å². The molecule has 1 aromatic heterocycles. The first-order chi connectivity index (χ1) is 9.32. The maximum absolute atomic E-state index is 12.9. The van der Waals surface area contributed by atoms with Gasteiger partial charge in [0.25, 0.3) is 0 Å². The molecule has 1 fully saturated rings. The molecule has 0 saturated heterocycles. The molecule has 1 saturated carbocycles. The second-order valence-corrected chi connectivity index (χ2v) is 4.94. The fourth-order valence-electron chi connectivity index (χ4n) is 2.09. The first kappa shape index (κ1) is 14.7. The van der Waals surface area contributed by atoms with Crippen LogP contribution in [0.2, 0.25) is 0 Å². The Morgan fingerprint density at radius 1 is 1.55 bits per heavy atom. The van der Waals surface area contributed by atoms with Gasteiger partial charge in [-0.2, -0.15) is 18.3 Å². The number of halogens is 3. The Bertz CT molecular complexity index is 493. The van der Waals surface area contributed by atoms with Gasteiger partial charge in [-0.05, 0) is 32.6 Å². The fraction of sp³-hybridized carbons (Fsp3) is 0.667. The smallest absolute Gasteiger partial charge is 0.335 e. The molecule has 8 heteroatoms. The summed E-state index contributed by atoms with van der Waals surface area (Å²) in [6.07, 6.45) is -1.45. The number of amides is 2. The molecule has 0 bridgehead atoms. The van der Waals surface area contributed by atoms with Gasteiger partial charge in [-0.15, -0.1) is 0 Å². The Kier molecular flexibility index (Phi) is 3.92. The van der Waals surface area contributed by atoms with Gasteiger partial charge in [0.15, 0.2) is 5.69 Å². The average Bonchev–Trinajstić information content (AvgIpc) is 3.09. The standard InChI is InChI=1S/C12H17F3N4O/c1-3-19-10(12(13,14)15)9(6-16-19)18-11(20)17-7(2)8-4-5-8/h6-8H,3-5H2,1-2H3,(H2,17,18,20)/t7-/m1/s1.